The fourth-order valence-corrected chi connectivity index (χ4v) is 6.85. The van der Waals surface area contributed by atoms with Gasteiger partial charge in [0.15, 0.2) is 0 Å². The van der Waals surface area contributed by atoms with E-state index >= 15 is 0 Å². The van der Waals surface area contributed by atoms with Gasteiger partial charge in [0.2, 0.25) is 5.91 Å². The number of carbonyl (C=O) groups is 1. The van der Waals surface area contributed by atoms with Gasteiger partial charge in [0, 0.05) is 25.6 Å². The number of nitrogens with zero attached hydrogens (tertiary/aromatic N) is 1. The number of nitrogens with one attached hydrogen (secondary N) is 1. The molecule has 1 aromatic carbocycles. The maximum atomic E-state index is 12.6. The summed E-state index contributed by atoms with van der Waals surface area (Å²) in [5.41, 5.74) is 1.27. The second kappa shape index (κ2) is 9.32. The molecule has 146 valence electrons. The van der Waals surface area contributed by atoms with Crippen LogP contribution in [0.5, 0.6) is 0 Å². The summed E-state index contributed by atoms with van der Waals surface area (Å²) >= 11 is 4.52. The van der Waals surface area contributed by atoms with Gasteiger partial charge in [0.25, 0.3) is 10.0 Å². The van der Waals surface area contributed by atoms with E-state index in [0.29, 0.717) is 36.7 Å². The SMILES string of the molecule is O=C(NCCCc1ccccc1)C1CCN(S(=O)(=O)c2ccc(Br)s2)CC1. The maximum absolute atomic E-state index is 12.6. The number of carbonyl (C=O) groups excluding carboxylic acids is 1. The Morgan fingerprint density at radius 2 is 1.85 bits per heavy atom. The lowest BCUT2D eigenvalue weighted by Crippen LogP contribution is -2.43. The Bertz CT molecular complexity index is 860. The third kappa shape index (κ3) is 5.40. The van der Waals surface area contributed by atoms with E-state index in [0.717, 1.165) is 16.6 Å². The molecular formula is C19H23BrN2O3S2. The Morgan fingerprint density at radius 3 is 2.48 bits per heavy atom. The molecule has 1 amide bonds. The fraction of sp³-hybridized carbons (Fsp3) is 0.421. The average molecular weight is 471 g/mol. The van der Waals surface area contributed by atoms with Crippen LogP contribution in [0.1, 0.15) is 24.8 Å². The first-order chi connectivity index (χ1) is 13.0. The van der Waals surface area contributed by atoms with Crippen LogP contribution in [0.15, 0.2) is 50.5 Å². The molecule has 1 saturated heterocycles. The summed E-state index contributed by atoms with van der Waals surface area (Å²) in [6, 6.07) is 13.6. The Kier molecular flexibility index (Phi) is 7.08. The van der Waals surface area contributed by atoms with Gasteiger partial charge in [0.05, 0.1) is 3.79 Å². The summed E-state index contributed by atoms with van der Waals surface area (Å²) in [4.78, 5) is 12.4. The van der Waals surface area contributed by atoms with Gasteiger partial charge < -0.3 is 5.32 Å². The zero-order chi connectivity index (χ0) is 19.3. The molecule has 2 heterocycles. The highest BCUT2D eigenvalue weighted by Crippen LogP contribution is 2.30. The second-order valence-corrected chi connectivity index (χ2v) is 11.2. The van der Waals surface area contributed by atoms with Gasteiger partial charge in [-0.3, -0.25) is 4.79 Å². The zero-order valence-corrected chi connectivity index (χ0v) is 18.2. The molecule has 0 aliphatic carbocycles. The normalized spacial score (nSPS) is 16.3. The number of aryl methyl sites for hydroxylation is 1. The van der Waals surface area contributed by atoms with E-state index in [1.54, 1.807) is 12.1 Å². The third-order valence-electron chi connectivity index (χ3n) is 4.75. The number of benzene rings is 1. The van der Waals surface area contributed by atoms with Crippen LogP contribution in [0.2, 0.25) is 0 Å². The van der Waals surface area contributed by atoms with Crippen LogP contribution in [0, 0.1) is 5.92 Å². The molecule has 1 aromatic heterocycles. The molecule has 5 nitrogen and oxygen atoms in total. The third-order valence-corrected chi connectivity index (χ3v) is 8.74. The average Bonchev–Trinajstić information content (AvgIpc) is 3.13. The monoisotopic (exact) mass is 470 g/mol. The van der Waals surface area contributed by atoms with Crippen molar-refractivity contribution in [3.63, 3.8) is 0 Å². The fourth-order valence-electron chi connectivity index (χ4n) is 3.22. The van der Waals surface area contributed by atoms with Gasteiger partial charge in [0.1, 0.15) is 4.21 Å². The smallest absolute Gasteiger partial charge is 0.252 e. The first-order valence-corrected chi connectivity index (χ1v) is 12.1. The molecule has 1 fully saturated rings. The second-order valence-electron chi connectivity index (χ2n) is 6.62. The van der Waals surface area contributed by atoms with Gasteiger partial charge in [-0.25, -0.2) is 8.42 Å². The van der Waals surface area contributed by atoms with Crippen LogP contribution in [-0.4, -0.2) is 38.3 Å². The van der Waals surface area contributed by atoms with Crippen LogP contribution in [0.3, 0.4) is 0 Å². The molecule has 0 radical (unpaired) electrons. The van der Waals surface area contributed by atoms with E-state index < -0.39 is 10.0 Å². The van der Waals surface area contributed by atoms with E-state index in [1.165, 1.54) is 21.2 Å². The molecule has 0 atom stereocenters. The number of hydrogen-bond donors (Lipinski definition) is 1. The summed E-state index contributed by atoms with van der Waals surface area (Å²) < 4.78 is 27.9. The Morgan fingerprint density at radius 1 is 1.15 bits per heavy atom. The topological polar surface area (TPSA) is 66.5 Å². The van der Waals surface area contributed by atoms with Crippen molar-refractivity contribution in [1.29, 1.82) is 0 Å². The first kappa shape index (κ1) is 20.5. The molecule has 27 heavy (non-hydrogen) atoms. The lowest BCUT2D eigenvalue weighted by Gasteiger charge is -2.30. The molecule has 8 heteroatoms. The maximum Gasteiger partial charge on any atom is 0.252 e. The highest BCUT2D eigenvalue weighted by Gasteiger charge is 2.32. The summed E-state index contributed by atoms with van der Waals surface area (Å²) in [6.45, 7) is 1.43. The summed E-state index contributed by atoms with van der Waals surface area (Å²) in [7, 11) is -3.45. The number of amides is 1. The summed E-state index contributed by atoms with van der Waals surface area (Å²) in [6.07, 6.45) is 2.97. The molecule has 1 N–H and O–H groups in total. The predicted molar refractivity (Wildman–Crippen MR) is 111 cm³/mol. The number of sulfonamides is 1. The van der Waals surface area contributed by atoms with Crippen LogP contribution in [-0.2, 0) is 21.2 Å². The van der Waals surface area contributed by atoms with Crippen molar-refractivity contribution in [3.05, 3.63) is 51.8 Å². The van der Waals surface area contributed by atoms with Crippen molar-refractivity contribution in [3.8, 4) is 0 Å². The van der Waals surface area contributed by atoms with E-state index in [4.69, 9.17) is 0 Å². The number of piperidine rings is 1. The molecule has 0 unspecified atom stereocenters. The molecule has 1 aliphatic rings. The predicted octanol–water partition coefficient (Wildman–Crippen LogP) is 3.66. The summed E-state index contributed by atoms with van der Waals surface area (Å²) in [5, 5.41) is 3.00. The van der Waals surface area contributed by atoms with E-state index in [2.05, 4.69) is 33.4 Å². The van der Waals surface area contributed by atoms with Crippen molar-refractivity contribution in [2.75, 3.05) is 19.6 Å². The van der Waals surface area contributed by atoms with E-state index in [9.17, 15) is 13.2 Å². The van der Waals surface area contributed by atoms with Crippen LogP contribution in [0.4, 0.5) is 0 Å². The molecule has 2 aromatic rings. The van der Waals surface area contributed by atoms with E-state index in [-0.39, 0.29) is 11.8 Å². The number of rotatable bonds is 7. The standard InChI is InChI=1S/C19H23BrN2O3S2/c20-17-8-9-18(26-17)27(24,25)22-13-10-16(11-14-22)19(23)21-12-4-7-15-5-2-1-3-6-15/h1-3,5-6,8-9,16H,4,7,10-14H2,(H,21,23). The highest BCUT2D eigenvalue weighted by molar-refractivity contribution is 9.11. The minimum Gasteiger partial charge on any atom is -0.356 e. The van der Waals surface area contributed by atoms with Crippen molar-refractivity contribution in [2.45, 2.75) is 29.9 Å². The van der Waals surface area contributed by atoms with Gasteiger partial charge >= 0.3 is 0 Å². The Balaban J connectivity index is 1.42. The van der Waals surface area contributed by atoms with Crippen molar-refractivity contribution in [1.82, 2.24) is 9.62 Å². The number of thiophene rings is 1. The molecule has 0 spiro atoms. The first-order valence-electron chi connectivity index (χ1n) is 9.04. The lowest BCUT2D eigenvalue weighted by molar-refractivity contribution is -0.126. The van der Waals surface area contributed by atoms with Gasteiger partial charge in [-0.15, -0.1) is 11.3 Å². The van der Waals surface area contributed by atoms with Crippen LogP contribution >= 0.6 is 27.3 Å². The Labute approximate surface area is 173 Å². The Hall–Kier alpha value is -1.22. The van der Waals surface area contributed by atoms with Gasteiger partial charge in [-0.2, -0.15) is 4.31 Å². The van der Waals surface area contributed by atoms with Crippen LogP contribution in [0.25, 0.3) is 0 Å². The zero-order valence-electron chi connectivity index (χ0n) is 14.9. The number of hydrogen-bond acceptors (Lipinski definition) is 4. The molecule has 0 bridgehead atoms. The quantitative estimate of drug-likeness (QED) is 0.627. The van der Waals surface area contributed by atoms with Gasteiger partial charge in [-0.05, 0) is 59.3 Å². The highest BCUT2D eigenvalue weighted by atomic mass is 79.9. The molecular weight excluding hydrogens is 448 g/mol. The summed E-state index contributed by atoms with van der Waals surface area (Å²) in [5.74, 6) is -0.0674. The van der Waals surface area contributed by atoms with E-state index in [1.807, 2.05) is 18.2 Å². The van der Waals surface area contributed by atoms with Crippen molar-refractivity contribution < 1.29 is 13.2 Å². The van der Waals surface area contributed by atoms with Gasteiger partial charge in [-0.1, -0.05) is 30.3 Å². The largest absolute Gasteiger partial charge is 0.356 e. The molecule has 0 saturated carbocycles. The lowest BCUT2D eigenvalue weighted by atomic mass is 9.97. The molecule has 3 rings (SSSR count). The van der Waals surface area contributed by atoms with Crippen LogP contribution < -0.4 is 5.32 Å². The minimum atomic E-state index is -3.45. The number of halogens is 1. The minimum absolute atomic E-state index is 0.0407. The van der Waals surface area contributed by atoms with Crippen molar-refractivity contribution in [2.24, 2.45) is 5.92 Å². The molecule has 1 aliphatic heterocycles. The van der Waals surface area contributed by atoms with Crippen molar-refractivity contribution >= 4 is 43.2 Å².